The van der Waals surface area contributed by atoms with Crippen LogP contribution in [-0.2, 0) is 11.2 Å². The van der Waals surface area contributed by atoms with Crippen molar-refractivity contribution in [2.75, 3.05) is 33.2 Å². The van der Waals surface area contributed by atoms with Gasteiger partial charge in [0.15, 0.2) is 0 Å². The van der Waals surface area contributed by atoms with Crippen molar-refractivity contribution in [1.82, 2.24) is 15.5 Å². The molecule has 2 aliphatic rings. The molecular formula is C15H21N3O2. The number of carbonyl (C=O) groups excluding carboxylic acids is 1. The highest BCUT2D eigenvalue weighted by molar-refractivity contribution is 5.81. The number of fused-ring (bicyclic) bond motifs is 1. The van der Waals surface area contributed by atoms with Crippen LogP contribution in [0.3, 0.4) is 0 Å². The summed E-state index contributed by atoms with van der Waals surface area (Å²) in [6, 6.07) is 8.08. The minimum Gasteiger partial charge on any atom is -0.488 e. The Kier molecular flexibility index (Phi) is 3.89. The molecule has 5 heteroatoms. The van der Waals surface area contributed by atoms with Crippen molar-refractivity contribution in [2.45, 2.75) is 18.6 Å². The Bertz CT molecular complexity index is 467. The van der Waals surface area contributed by atoms with Gasteiger partial charge >= 0.3 is 0 Å². The molecule has 0 saturated carbocycles. The lowest BCUT2D eigenvalue weighted by Crippen LogP contribution is -2.59. The maximum atomic E-state index is 11.9. The summed E-state index contributed by atoms with van der Waals surface area (Å²) < 4.78 is 5.98. The number of hydrogen-bond donors (Lipinski definition) is 2. The van der Waals surface area contributed by atoms with Crippen LogP contribution in [0.2, 0.25) is 0 Å². The van der Waals surface area contributed by atoms with Crippen LogP contribution in [0, 0.1) is 0 Å². The monoisotopic (exact) mass is 275 g/mol. The number of ether oxygens (including phenoxy) is 1. The van der Waals surface area contributed by atoms with Crippen LogP contribution >= 0.6 is 0 Å². The second-order valence-electron chi connectivity index (χ2n) is 5.38. The molecule has 5 nitrogen and oxygen atoms in total. The predicted octanol–water partition coefficient (Wildman–Crippen LogP) is 0.00990. The second kappa shape index (κ2) is 5.81. The van der Waals surface area contributed by atoms with Gasteiger partial charge in [-0.1, -0.05) is 18.2 Å². The zero-order chi connectivity index (χ0) is 13.9. The summed E-state index contributed by atoms with van der Waals surface area (Å²) >= 11 is 0. The standard InChI is InChI=1S/C15H21N3O2/c1-16-15(19)13-9-17-6-7-18(13)10-12-8-11-4-2-3-5-14(11)20-12/h2-5,12-13,17H,6-10H2,1H3,(H,16,19). The van der Waals surface area contributed by atoms with Crippen LogP contribution in [0.4, 0.5) is 0 Å². The van der Waals surface area contributed by atoms with Crippen LogP contribution in [-0.4, -0.2) is 56.2 Å². The molecule has 0 spiro atoms. The molecule has 2 N–H and O–H groups in total. The Hall–Kier alpha value is -1.59. The summed E-state index contributed by atoms with van der Waals surface area (Å²) in [5.74, 6) is 1.07. The number of para-hydroxylation sites is 1. The van der Waals surface area contributed by atoms with E-state index in [0.717, 1.165) is 31.8 Å². The molecule has 20 heavy (non-hydrogen) atoms. The van der Waals surface area contributed by atoms with E-state index in [4.69, 9.17) is 4.74 Å². The fraction of sp³-hybridized carbons (Fsp3) is 0.533. The number of amides is 1. The van der Waals surface area contributed by atoms with E-state index >= 15 is 0 Å². The summed E-state index contributed by atoms with van der Waals surface area (Å²) in [5.41, 5.74) is 1.27. The van der Waals surface area contributed by atoms with Crippen molar-refractivity contribution in [1.29, 1.82) is 0 Å². The Morgan fingerprint density at radius 1 is 1.50 bits per heavy atom. The molecule has 2 heterocycles. The molecule has 0 bridgehead atoms. The van der Waals surface area contributed by atoms with Crippen molar-refractivity contribution in [3.8, 4) is 5.75 Å². The smallest absolute Gasteiger partial charge is 0.238 e. The quantitative estimate of drug-likeness (QED) is 0.816. The summed E-state index contributed by atoms with van der Waals surface area (Å²) in [7, 11) is 1.69. The maximum Gasteiger partial charge on any atom is 0.238 e. The van der Waals surface area contributed by atoms with Gasteiger partial charge in [-0.25, -0.2) is 0 Å². The van der Waals surface area contributed by atoms with E-state index in [1.807, 2.05) is 18.2 Å². The molecule has 1 aromatic rings. The number of hydrogen-bond acceptors (Lipinski definition) is 4. The molecule has 3 rings (SSSR count). The van der Waals surface area contributed by atoms with Gasteiger partial charge in [0.2, 0.25) is 5.91 Å². The zero-order valence-electron chi connectivity index (χ0n) is 11.8. The molecule has 108 valence electrons. The molecule has 0 radical (unpaired) electrons. The molecule has 1 fully saturated rings. The summed E-state index contributed by atoms with van der Waals surface area (Å²) in [6.45, 7) is 3.31. The van der Waals surface area contributed by atoms with Crippen molar-refractivity contribution in [3.63, 3.8) is 0 Å². The largest absolute Gasteiger partial charge is 0.488 e. The number of likely N-dealkylation sites (N-methyl/N-ethyl adjacent to an activating group) is 1. The highest BCUT2D eigenvalue weighted by Gasteiger charge is 2.32. The third-order valence-corrected chi connectivity index (χ3v) is 4.06. The van der Waals surface area contributed by atoms with Crippen molar-refractivity contribution >= 4 is 5.91 Å². The van der Waals surface area contributed by atoms with E-state index < -0.39 is 0 Å². The fourth-order valence-corrected chi connectivity index (χ4v) is 3.01. The third kappa shape index (κ3) is 2.64. The molecule has 0 aromatic heterocycles. The number of carbonyl (C=O) groups is 1. The minimum absolute atomic E-state index is 0.0766. The summed E-state index contributed by atoms with van der Waals surface area (Å²) in [4.78, 5) is 14.2. The molecule has 1 aromatic carbocycles. The Morgan fingerprint density at radius 3 is 3.15 bits per heavy atom. The highest BCUT2D eigenvalue weighted by atomic mass is 16.5. The normalized spacial score (nSPS) is 25.9. The lowest BCUT2D eigenvalue weighted by molar-refractivity contribution is -0.126. The number of piperazine rings is 1. The van der Waals surface area contributed by atoms with Gasteiger partial charge in [0.05, 0.1) is 0 Å². The SMILES string of the molecule is CNC(=O)C1CNCCN1CC1Cc2ccccc2O1. The first-order valence-electron chi connectivity index (χ1n) is 7.19. The van der Waals surface area contributed by atoms with Gasteiger partial charge in [-0.2, -0.15) is 0 Å². The second-order valence-corrected chi connectivity index (χ2v) is 5.38. The van der Waals surface area contributed by atoms with Gasteiger partial charge < -0.3 is 15.4 Å². The van der Waals surface area contributed by atoms with Gasteiger partial charge in [-0.05, 0) is 11.6 Å². The third-order valence-electron chi connectivity index (χ3n) is 4.06. The van der Waals surface area contributed by atoms with Crippen LogP contribution < -0.4 is 15.4 Å². The average Bonchev–Trinajstić information content (AvgIpc) is 2.89. The van der Waals surface area contributed by atoms with Crippen LogP contribution in [0.5, 0.6) is 5.75 Å². The fourth-order valence-electron chi connectivity index (χ4n) is 3.01. The molecule has 1 saturated heterocycles. The minimum atomic E-state index is -0.0962. The van der Waals surface area contributed by atoms with E-state index in [0.29, 0.717) is 6.54 Å². The number of nitrogens with zero attached hydrogens (tertiary/aromatic N) is 1. The summed E-state index contributed by atoms with van der Waals surface area (Å²) in [5, 5.41) is 6.02. The zero-order valence-corrected chi connectivity index (χ0v) is 11.8. The van der Waals surface area contributed by atoms with Gasteiger partial charge in [-0.15, -0.1) is 0 Å². The average molecular weight is 275 g/mol. The van der Waals surface area contributed by atoms with E-state index in [1.165, 1.54) is 5.56 Å². The Labute approximate surface area is 119 Å². The molecular weight excluding hydrogens is 254 g/mol. The van der Waals surface area contributed by atoms with E-state index in [-0.39, 0.29) is 18.1 Å². The van der Waals surface area contributed by atoms with Gasteiger partial charge in [-0.3, -0.25) is 9.69 Å². The maximum absolute atomic E-state index is 11.9. The van der Waals surface area contributed by atoms with Crippen molar-refractivity contribution < 1.29 is 9.53 Å². The lowest BCUT2D eigenvalue weighted by atomic mass is 10.1. The first-order valence-corrected chi connectivity index (χ1v) is 7.19. The van der Waals surface area contributed by atoms with Crippen LogP contribution in [0.1, 0.15) is 5.56 Å². The first-order chi connectivity index (χ1) is 9.78. The molecule has 0 aliphatic carbocycles. The number of nitrogens with one attached hydrogen (secondary N) is 2. The topological polar surface area (TPSA) is 53.6 Å². The van der Waals surface area contributed by atoms with Gasteiger partial charge in [0.1, 0.15) is 17.9 Å². The van der Waals surface area contributed by atoms with Crippen molar-refractivity contribution in [3.05, 3.63) is 29.8 Å². The van der Waals surface area contributed by atoms with Crippen LogP contribution in [0.15, 0.2) is 24.3 Å². The Balaban J connectivity index is 1.64. The van der Waals surface area contributed by atoms with Crippen molar-refractivity contribution in [2.24, 2.45) is 0 Å². The molecule has 1 amide bonds. The number of rotatable bonds is 3. The van der Waals surface area contributed by atoms with Gasteiger partial charge in [0, 0.05) is 39.6 Å². The number of benzene rings is 1. The van der Waals surface area contributed by atoms with E-state index in [2.05, 4.69) is 21.6 Å². The summed E-state index contributed by atoms with van der Waals surface area (Å²) in [6.07, 6.45) is 1.08. The predicted molar refractivity (Wildman–Crippen MR) is 76.9 cm³/mol. The first kappa shape index (κ1) is 13.4. The van der Waals surface area contributed by atoms with Crippen LogP contribution in [0.25, 0.3) is 0 Å². The highest BCUT2D eigenvalue weighted by Crippen LogP contribution is 2.28. The van der Waals surface area contributed by atoms with E-state index in [1.54, 1.807) is 7.05 Å². The molecule has 2 unspecified atom stereocenters. The lowest BCUT2D eigenvalue weighted by Gasteiger charge is -2.36. The van der Waals surface area contributed by atoms with E-state index in [9.17, 15) is 4.79 Å². The molecule has 2 aliphatic heterocycles. The van der Waals surface area contributed by atoms with Gasteiger partial charge in [0.25, 0.3) is 0 Å². The molecule has 2 atom stereocenters. The Morgan fingerprint density at radius 2 is 2.35 bits per heavy atom.